The van der Waals surface area contributed by atoms with E-state index in [4.69, 9.17) is 4.43 Å². The maximum absolute atomic E-state index is 12.9. The van der Waals surface area contributed by atoms with Crippen LogP contribution >= 0.6 is 0 Å². The molecule has 0 saturated carbocycles. The Balaban J connectivity index is 2.06. The second-order valence-electron chi connectivity index (χ2n) is 8.36. The molecule has 1 atom stereocenters. The molecule has 1 fully saturated rings. The van der Waals surface area contributed by atoms with Crippen molar-refractivity contribution in [2.45, 2.75) is 49.8 Å². The predicted molar refractivity (Wildman–Crippen MR) is 110 cm³/mol. The molecule has 0 aromatic heterocycles. The molecule has 0 spiro atoms. The standard InChI is InChI=1S/C19H32N2O3SSi/c1-7-16-8-10-18(11-9-16)25(22,23)21-13-12-20-17(14-21)15-24-26(5,6)19(2,3)4/h7-11,17,20H,1,12-15H2,2-6H3/t17-/m1/s1. The smallest absolute Gasteiger partial charge is 0.243 e. The molecule has 5 nitrogen and oxygen atoms in total. The minimum absolute atomic E-state index is 0.0140. The summed E-state index contributed by atoms with van der Waals surface area (Å²) in [5.74, 6) is 0. The Bertz CT molecular complexity index is 724. The maximum atomic E-state index is 12.9. The SMILES string of the molecule is C=Cc1ccc(S(=O)(=O)N2CCN[C@@H](CO[Si](C)(C)C(C)(C)C)C2)cc1. The first-order valence-corrected chi connectivity index (χ1v) is 13.4. The lowest BCUT2D eigenvalue weighted by atomic mass is 10.2. The van der Waals surface area contributed by atoms with Crippen molar-refractivity contribution in [3.63, 3.8) is 0 Å². The van der Waals surface area contributed by atoms with Gasteiger partial charge in [0.05, 0.1) is 11.5 Å². The normalized spacial score (nSPS) is 20.1. The summed E-state index contributed by atoms with van der Waals surface area (Å²) in [6.07, 6.45) is 1.70. The molecule has 1 aliphatic heterocycles. The molecule has 1 aromatic carbocycles. The second-order valence-corrected chi connectivity index (χ2v) is 15.1. The molecule has 1 aromatic rings. The van der Waals surface area contributed by atoms with Crippen molar-refractivity contribution in [2.75, 3.05) is 26.2 Å². The van der Waals surface area contributed by atoms with Gasteiger partial charge in [-0.3, -0.25) is 0 Å². The van der Waals surface area contributed by atoms with Crippen LogP contribution in [-0.2, 0) is 14.4 Å². The lowest BCUT2D eigenvalue weighted by Crippen LogP contribution is -2.55. The topological polar surface area (TPSA) is 58.6 Å². The van der Waals surface area contributed by atoms with E-state index in [1.807, 2.05) is 0 Å². The molecule has 1 aliphatic rings. The molecule has 0 bridgehead atoms. The number of sulfonamides is 1. The summed E-state index contributed by atoms with van der Waals surface area (Å²) in [6, 6.07) is 6.87. The Kier molecular flexibility index (Phi) is 6.51. The number of nitrogens with one attached hydrogen (secondary N) is 1. The molecule has 0 amide bonds. The van der Waals surface area contributed by atoms with Crippen LogP contribution in [-0.4, -0.2) is 53.3 Å². The fourth-order valence-electron chi connectivity index (χ4n) is 2.58. The van der Waals surface area contributed by atoms with Crippen LogP contribution in [0.2, 0.25) is 18.1 Å². The third-order valence-electron chi connectivity index (χ3n) is 5.42. The van der Waals surface area contributed by atoms with Gasteiger partial charge in [0.25, 0.3) is 0 Å². The summed E-state index contributed by atoms with van der Waals surface area (Å²) < 4.78 is 33.7. The Morgan fingerprint density at radius 1 is 1.31 bits per heavy atom. The fourth-order valence-corrected chi connectivity index (χ4v) is 5.11. The first kappa shape index (κ1) is 21.3. The van der Waals surface area contributed by atoms with Gasteiger partial charge < -0.3 is 9.74 Å². The summed E-state index contributed by atoms with van der Waals surface area (Å²) >= 11 is 0. The van der Waals surface area contributed by atoms with Gasteiger partial charge in [-0.1, -0.05) is 45.6 Å². The molecule has 1 heterocycles. The van der Waals surface area contributed by atoms with Crippen LogP contribution in [0.4, 0.5) is 0 Å². The van der Waals surface area contributed by atoms with Crippen LogP contribution in [0.3, 0.4) is 0 Å². The van der Waals surface area contributed by atoms with Crippen molar-refractivity contribution in [2.24, 2.45) is 0 Å². The molecular weight excluding hydrogens is 364 g/mol. The zero-order chi connectivity index (χ0) is 19.6. The number of benzene rings is 1. The minimum Gasteiger partial charge on any atom is -0.415 e. The van der Waals surface area contributed by atoms with Crippen molar-refractivity contribution in [3.05, 3.63) is 36.4 Å². The Labute approximate surface area is 159 Å². The highest BCUT2D eigenvalue weighted by Crippen LogP contribution is 2.36. The van der Waals surface area contributed by atoms with Crippen LogP contribution in [0.5, 0.6) is 0 Å². The van der Waals surface area contributed by atoms with Crippen LogP contribution in [0.15, 0.2) is 35.7 Å². The minimum atomic E-state index is -3.49. The zero-order valence-electron chi connectivity index (χ0n) is 16.6. The van der Waals surface area contributed by atoms with Crippen molar-refractivity contribution >= 4 is 24.4 Å². The van der Waals surface area contributed by atoms with Crippen LogP contribution < -0.4 is 5.32 Å². The van der Waals surface area contributed by atoms with Crippen molar-refractivity contribution < 1.29 is 12.8 Å². The molecule has 0 radical (unpaired) electrons. The molecule has 1 N–H and O–H groups in total. The Hall–Kier alpha value is -0.993. The highest BCUT2D eigenvalue weighted by atomic mass is 32.2. The quantitative estimate of drug-likeness (QED) is 0.750. The number of hydrogen-bond acceptors (Lipinski definition) is 4. The first-order chi connectivity index (χ1) is 12.0. The molecule has 2 rings (SSSR count). The Morgan fingerprint density at radius 2 is 1.92 bits per heavy atom. The van der Waals surface area contributed by atoms with Gasteiger partial charge in [-0.2, -0.15) is 4.31 Å². The monoisotopic (exact) mass is 396 g/mol. The molecule has 26 heavy (non-hydrogen) atoms. The summed E-state index contributed by atoms with van der Waals surface area (Å²) in [4.78, 5) is 0.328. The molecule has 146 valence electrons. The lowest BCUT2D eigenvalue weighted by molar-refractivity contribution is 0.198. The van der Waals surface area contributed by atoms with E-state index >= 15 is 0 Å². The average molecular weight is 397 g/mol. The number of hydrogen-bond donors (Lipinski definition) is 1. The molecule has 7 heteroatoms. The molecule has 0 aliphatic carbocycles. The van der Waals surface area contributed by atoms with E-state index in [0.29, 0.717) is 31.1 Å². The van der Waals surface area contributed by atoms with E-state index in [2.05, 4.69) is 45.8 Å². The van der Waals surface area contributed by atoms with Crippen LogP contribution in [0.1, 0.15) is 26.3 Å². The highest BCUT2D eigenvalue weighted by Gasteiger charge is 2.38. The van der Waals surface area contributed by atoms with Gasteiger partial charge in [0.1, 0.15) is 0 Å². The van der Waals surface area contributed by atoms with E-state index in [1.54, 1.807) is 34.6 Å². The summed E-state index contributed by atoms with van der Waals surface area (Å²) in [7, 11) is -5.34. The summed E-state index contributed by atoms with van der Waals surface area (Å²) in [6.45, 7) is 16.8. The predicted octanol–water partition coefficient (Wildman–Crippen LogP) is 3.31. The third kappa shape index (κ3) is 4.83. The molecule has 0 unspecified atom stereocenters. The second kappa shape index (κ2) is 7.94. The van der Waals surface area contributed by atoms with Gasteiger partial charge in [-0.25, -0.2) is 8.42 Å². The van der Waals surface area contributed by atoms with Gasteiger partial charge in [-0.05, 0) is 35.8 Å². The average Bonchev–Trinajstić information content (AvgIpc) is 2.59. The summed E-state index contributed by atoms with van der Waals surface area (Å²) in [5, 5.41) is 3.53. The molecule has 1 saturated heterocycles. The van der Waals surface area contributed by atoms with Gasteiger partial charge in [0.2, 0.25) is 10.0 Å². The Morgan fingerprint density at radius 3 is 2.46 bits per heavy atom. The highest BCUT2D eigenvalue weighted by molar-refractivity contribution is 7.89. The maximum Gasteiger partial charge on any atom is 0.243 e. The van der Waals surface area contributed by atoms with Crippen molar-refractivity contribution in [1.82, 2.24) is 9.62 Å². The van der Waals surface area contributed by atoms with Gasteiger partial charge >= 0.3 is 0 Å². The van der Waals surface area contributed by atoms with Crippen molar-refractivity contribution in [1.29, 1.82) is 0 Å². The van der Waals surface area contributed by atoms with Crippen LogP contribution in [0, 0.1) is 0 Å². The summed E-state index contributed by atoms with van der Waals surface area (Å²) in [5.41, 5.74) is 0.907. The van der Waals surface area contributed by atoms with E-state index in [1.165, 1.54) is 0 Å². The van der Waals surface area contributed by atoms with Gasteiger partial charge in [0, 0.05) is 25.7 Å². The first-order valence-electron chi connectivity index (χ1n) is 9.07. The molecular formula is C19H32N2O3SSi. The number of rotatable bonds is 6. The third-order valence-corrected chi connectivity index (χ3v) is 11.8. The van der Waals surface area contributed by atoms with E-state index in [0.717, 1.165) is 5.56 Å². The van der Waals surface area contributed by atoms with E-state index in [9.17, 15) is 8.42 Å². The largest absolute Gasteiger partial charge is 0.415 e. The fraction of sp³-hybridized carbons (Fsp3) is 0.579. The number of nitrogens with zero attached hydrogens (tertiary/aromatic N) is 1. The number of piperazine rings is 1. The van der Waals surface area contributed by atoms with Crippen molar-refractivity contribution in [3.8, 4) is 0 Å². The van der Waals surface area contributed by atoms with Gasteiger partial charge in [0.15, 0.2) is 8.32 Å². The van der Waals surface area contributed by atoms with E-state index < -0.39 is 18.3 Å². The zero-order valence-corrected chi connectivity index (χ0v) is 18.4. The van der Waals surface area contributed by atoms with Crippen LogP contribution in [0.25, 0.3) is 6.08 Å². The van der Waals surface area contributed by atoms with Gasteiger partial charge in [-0.15, -0.1) is 0 Å². The van der Waals surface area contributed by atoms with E-state index in [-0.39, 0.29) is 11.1 Å². The lowest BCUT2D eigenvalue weighted by Gasteiger charge is -2.39.